The number of hydrogen-bond donors (Lipinski definition) is 1. The van der Waals surface area contributed by atoms with E-state index in [1.807, 2.05) is 12.1 Å². The molecule has 1 nitrogen and oxygen atoms in total. The SMILES string of the molecule is Cc1cc(C)c[c]([Ni]=[NH])c1. The van der Waals surface area contributed by atoms with Crippen LogP contribution in [-0.2, 0) is 14.2 Å². The fraction of sp³-hybridized carbons (Fsp3) is 0.250. The molecule has 2 heteroatoms. The zero-order chi connectivity index (χ0) is 7.56. The predicted molar refractivity (Wildman–Crippen MR) is 38.3 cm³/mol. The van der Waals surface area contributed by atoms with Crippen LogP contribution in [0.4, 0.5) is 0 Å². The Hall–Kier alpha value is -0.486. The van der Waals surface area contributed by atoms with Gasteiger partial charge in [0.25, 0.3) is 0 Å². The normalized spacial score (nSPS) is 10.2. The van der Waals surface area contributed by atoms with Crippen LogP contribution in [0.15, 0.2) is 18.2 Å². The van der Waals surface area contributed by atoms with Crippen LogP contribution in [0.3, 0.4) is 0 Å². The van der Waals surface area contributed by atoms with E-state index < -0.39 is 0 Å². The van der Waals surface area contributed by atoms with Crippen molar-refractivity contribution in [2.24, 2.45) is 0 Å². The van der Waals surface area contributed by atoms with Crippen molar-refractivity contribution in [3.05, 3.63) is 29.3 Å². The summed E-state index contributed by atoms with van der Waals surface area (Å²) < 4.78 is 8.12. The van der Waals surface area contributed by atoms with Gasteiger partial charge in [0.05, 0.1) is 0 Å². The third-order valence-corrected chi connectivity index (χ3v) is 1.83. The van der Waals surface area contributed by atoms with Crippen LogP contribution >= 0.6 is 0 Å². The second-order valence-electron chi connectivity index (χ2n) is 2.35. The molecule has 1 rings (SSSR count). The van der Waals surface area contributed by atoms with Gasteiger partial charge in [-0.2, -0.15) is 0 Å². The first-order valence-electron chi connectivity index (χ1n) is 3.05. The molecule has 0 saturated carbocycles. The van der Waals surface area contributed by atoms with E-state index in [1.54, 1.807) is 0 Å². The van der Waals surface area contributed by atoms with Crippen LogP contribution in [0, 0.1) is 18.3 Å². The zero-order valence-corrected chi connectivity index (χ0v) is 7.04. The molecule has 1 N–H and O–H groups in total. The molecule has 0 amide bonds. The van der Waals surface area contributed by atoms with Crippen molar-refractivity contribution in [1.82, 2.24) is 0 Å². The van der Waals surface area contributed by atoms with Crippen molar-refractivity contribution < 1.29 is 14.2 Å². The minimum absolute atomic E-state index is 0.883. The van der Waals surface area contributed by atoms with Gasteiger partial charge in [-0.1, -0.05) is 0 Å². The molecule has 0 saturated heterocycles. The third-order valence-electron chi connectivity index (χ3n) is 1.26. The van der Waals surface area contributed by atoms with Crippen LogP contribution in [0.1, 0.15) is 11.1 Å². The molecule has 1 aromatic carbocycles. The average molecular weight is 179 g/mol. The second-order valence-corrected chi connectivity index (χ2v) is 3.17. The summed E-state index contributed by atoms with van der Waals surface area (Å²) in [4.78, 5) is 0. The molecule has 0 fully saturated rings. The van der Waals surface area contributed by atoms with Gasteiger partial charge < -0.3 is 0 Å². The van der Waals surface area contributed by atoms with Crippen molar-refractivity contribution in [2.75, 3.05) is 0 Å². The Kier molecular flexibility index (Phi) is 2.34. The molecule has 0 aliphatic rings. The molecule has 1 aromatic rings. The van der Waals surface area contributed by atoms with Crippen LogP contribution < -0.4 is 4.53 Å². The maximum atomic E-state index is 7.07. The van der Waals surface area contributed by atoms with E-state index in [4.69, 9.17) is 4.45 Å². The zero-order valence-electron chi connectivity index (χ0n) is 6.05. The quantitative estimate of drug-likeness (QED) is 0.635. The summed E-state index contributed by atoms with van der Waals surface area (Å²) in [6, 6.07) is 6.17. The summed E-state index contributed by atoms with van der Waals surface area (Å²) in [6.45, 7) is 4.10. The van der Waals surface area contributed by atoms with Crippen molar-refractivity contribution in [1.29, 1.82) is 4.45 Å². The molecule has 0 aromatic heterocycles. The Morgan fingerprint density at radius 1 is 1.10 bits per heavy atom. The molecule has 0 atom stereocenters. The van der Waals surface area contributed by atoms with Gasteiger partial charge in [0.15, 0.2) is 0 Å². The summed E-state index contributed by atoms with van der Waals surface area (Å²) in [5.74, 6) is 0. The number of nitrogens with one attached hydrogen (secondary N) is 1. The van der Waals surface area contributed by atoms with Gasteiger partial charge in [0.1, 0.15) is 0 Å². The van der Waals surface area contributed by atoms with E-state index in [9.17, 15) is 0 Å². The topological polar surface area (TPSA) is 23.9 Å². The van der Waals surface area contributed by atoms with E-state index in [0.717, 1.165) is 18.8 Å². The van der Waals surface area contributed by atoms with Crippen LogP contribution in [0.2, 0.25) is 0 Å². The van der Waals surface area contributed by atoms with E-state index in [0.29, 0.717) is 0 Å². The van der Waals surface area contributed by atoms with Gasteiger partial charge in [0, 0.05) is 0 Å². The molecule has 0 aliphatic carbocycles. The Bertz CT molecular complexity index is 235. The average Bonchev–Trinajstić information content (AvgIpc) is 1.85. The van der Waals surface area contributed by atoms with Gasteiger partial charge in [-0.25, -0.2) is 0 Å². The molecule has 0 spiro atoms. The van der Waals surface area contributed by atoms with Crippen molar-refractivity contribution in [3.63, 3.8) is 0 Å². The molecule has 10 heavy (non-hydrogen) atoms. The maximum absolute atomic E-state index is 7.07. The summed E-state index contributed by atoms with van der Waals surface area (Å²) in [5.41, 5.74) is 2.47. The molecule has 0 bridgehead atoms. The van der Waals surface area contributed by atoms with E-state index in [-0.39, 0.29) is 0 Å². The first-order valence-corrected chi connectivity index (χ1v) is 4.04. The van der Waals surface area contributed by atoms with Crippen molar-refractivity contribution >= 4 is 4.53 Å². The molecular weight excluding hydrogens is 169 g/mol. The number of benzene rings is 1. The van der Waals surface area contributed by atoms with Gasteiger partial charge in [-0.3, -0.25) is 0 Å². The third kappa shape index (κ3) is 1.75. The van der Waals surface area contributed by atoms with Crippen molar-refractivity contribution in [2.45, 2.75) is 13.8 Å². The first-order chi connectivity index (χ1) is 4.72. The van der Waals surface area contributed by atoms with E-state index >= 15 is 0 Å². The van der Waals surface area contributed by atoms with Crippen LogP contribution in [0.5, 0.6) is 0 Å². The Morgan fingerprint density at radius 3 is 2.00 bits per heavy atom. The summed E-state index contributed by atoms with van der Waals surface area (Å²) in [6.07, 6.45) is 0. The molecular formula is C8H10NNi. The predicted octanol–water partition coefficient (Wildman–Crippen LogP) is 1.77. The molecule has 0 unspecified atom stereocenters. The molecule has 0 radical (unpaired) electrons. The number of aryl methyl sites for hydroxylation is 2. The van der Waals surface area contributed by atoms with Crippen molar-refractivity contribution in [3.8, 4) is 0 Å². The number of hydrogen-bond acceptors (Lipinski definition) is 1. The molecule has 0 heterocycles. The van der Waals surface area contributed by atoms with Crippen LogP contribution in [-0.4, -0.2) is 0 Å². The monoisotopic (exact) mass is 178 g/mol. The fourth-order valence-corrected chi connectivity index (χ4v) is 1.53. The first kappa shape index (κ1) is 7.62. The van der Waals surface area contributed by atoms with Gasteiger partial charge in [0.2, 0.25) is 0 Å². The Labute approximate surface area is 66.9 Å². The van der Waals surface area contributed by atoms with E-state index in [1.165, 1.54) is 11.1 Å². The fourth-order valence-electron chi connectivity index (χ4n) is 0.937. The standard InChI is InChI=1S/C8H9.HN.Ni/c1-7-4-3-5-8(2)6-7;;/h4-6H,1-2H3;1H;. The van der Waals surface area contributed by atoms with E-state index in [2.05, 4.69) is 19.9 Å². The molecule has 57 valence electrons. The number of rotatable bonds is 1. The summed E-state index contributed by atoms with van der Waals surface area (Å²) in [5, 5.41) is 0. The minimum atomic E-state index is 0.883. The van der Waals surface area contributed by atoms with Crippen LogP contribution in [0.25, 0.3) is 0 Å². The Balaban J connectivity index is 3.18. The Morgan fingerprint density at radius 2 is 1.60 bits per heavy atom. The summed E-state index contributed by atoms with van der Waals surface area (Å²) in [7, 11) is 0. The molecule has 0 aliphatic heterocycles. The second kappa shape index (κ2) is 3.07. The van der Waals surface area contributed by atoms with Gasteiger partial charge in [-0.05, 0) is 0 Å². The summed E-state index contributed by atoms with van der Waals surface area (Å²) >= 11 is 0.883. The van der Waals surface area contributed by atoms with Gasteiger partial charge in [-0.15, -0.1) is 0 Å². The van der Waals surface area contributed by atoms with Gasteiger partial charge >= 0.3 is 66.4 Å².